The zero-order chi connectivity index (χ0) is 25.4. The Hall–Kier alpha value is -4.07. The number of nitrogens with one attached hydrogen (secondary N) is 2. The molecule has 0 spiro atoms. The van der Waals surface area contributed by atoms with E-state index in [1.807, 2.05) is 13.8 Å². The maximum atomic E-state index is 13.5. The smallest absolute Gasteiger partial charge is 0.148 e. The molecule has 3 aromatic heterocycles. The number of aryl methyl sites for hydroxylation is 2. The molecule has 6 rings (SSSR count). The van der Waals surface area contributed by atoms with Crippen LogP contribution in [0.3, 0.4) is 0 Å². The van der Waals surface area contributed by atoms with E-state index in [2.05, 4.69) is 81.1 Å². The number of hydrogen-bond acceptors (Lipinski definition) is 5. The van der Waals surface area contributed by atoms with Gasteiger partial charge in [-0.2, -0.15) is 0 Å². The molecule has 184 valence electrons. The van der Waals surface area contributed by atoms with Crippen molar-refractivity contribution in [1.82, 2.24) is 20.4 Å². The highest BCUT2D eigenvalue weighted by Crippen LogP contribution is 2.34. The first-order chi connectivity index (χ1) is 18.0. The summed E-state index contributed by atoms with van der Waals surface area (Å²) in [6.07, 6.45) is 0. The first-order valence-corrected chi connectivity index (χ1v) is 12.9. The summed E-state index contributed by atoms with van der Waals surface area (Å²) in [7, 11) is 0. The van der Waals surface area contributed by atoms with Crippen LogP contribution in [0.1, 0.15) is 22.6 Å². The summed E-state index contributed by atoms with van der Waals surface area (Å²) >= 11 is 1.67. The Morgan fingerprint density at radius 2 is 1.68 bits per heavy atom. The van der Waals surface area contributed by atoms with Crippen molar-refractivity contribution in [3.63, 3.8) is 0 Å². The number of fused-ring (bicyclic) bond motifs is 1. The van der Waals surface area contributed by atoms with Gasteiger partial charge >= 0.3 is 0 Å². The van der Waals surface area contributed by atoms with E-state index in [0.29, 0.717) is 5.52 Å². The van der Waals surface area contributed by atoms with Gasteiger partial charge in [-0.25, -0.2) is 9.37 Å². The van der Waals surface area contributed by atoms with Gasteiger partial charge in [-0.15, -0.1) is 11.3 Å². The molecule has 0 amide bonds. The van der Waals surface area contributed by atoms with Gasteiger partial charge in [0, 0.05) is 23.5 Å². The quantitative estimate of drug-likeness (QED) is 0.232. The highest BCUT2D eigenvalue weighted by molar-refractivity contribution is 7.18. The molecule has 0 aliphatic heterocycles. The molecule has 37 heavy (non-hydrogen) atoms. The van der Waals surface area contributed by atoms with Crippen LogP contribution in [0.2, 0.25) is 0 Å². The van der Waals surface area contributed by atoms with Gasteiger partial charge in [0.25, 0.3) is 0 Å². The molecular formula is C30H25FN4OS. The molecule has 3 aromatic carbocycles. The first-order valence-electron chi connectivity index (χ1n) is 12.1. The van der Waals surface area contributed by atoms with Gasteiger partial charge in [0.1, 0.15) is 17.4 Å². The molecule has 7 heteroatoms. The summed E-state index contributed by atoms with van der Waals surface area (Å²) < 4.78 is 18.8. The largest absolute Gasteiger partial charge is 0.361 e. The molecule has 0 atom stereocenters. The van der Waals surface area contributed by atoms with Gasteiger partial charge in [0.2, 0.25) is 0 Å². The fourth-order valence-electron chi connectivity index (χ4n) is 4.59. The number of benzene rings is 3. The number of imidazole rings is 1. The van der Waals surface area contributed by atoms with Crippen LogP contribution in [-0.2, 0) is 13.1 Å². The number of rotatable bonds is 7. The van der Waals surface area contributed by atoms with Crippen molar-refractivity contribution in [3.8, 4) is 32.3 Å². The number of H-pyrrole nitrogens is 1. The third kappa shape index (κ3) is 4.83. The maximum absolute atomic E-state index is 13.5. The molecule has 0 bridgehead atoms. The van der Waals surface area contributed by atoms with Crippen molar-refractivity contribution in [3.05, 3.63) is 107 Å². The predicted molar refractivity (Wildman–Crippen MR) is 147 cm³/mol. The Labute approximate surface area is 218 Å². The lowest BCUT2D eigenvalue weighted by Gasteiger charge is -2.08. The van der Waals surface area contributed by atoms with Crippen molar-refractivity contribution in [1.29, 1.82) is 0 Å². The van der Waals surface area contributed by atoms with E-state index in [4.69, 9.17) is 4.52 Å². The second-order valence-corrected chi connectivity index (χ2v) is 10.2. The Kier molecular flexibility index (Phi) is 6.16. The Morgan fingerprint density at radius 3 is 2.49 bits per heavy atom. The molecule has 6 aromatic rings. The summed E-state index contributed by atoms with van der Waals surface area (Å²) in [6, 6.07) is 25.9. The molecule has 3 heterocycles. The van der Waals surface area contributed by atoms with Crippen LogP contribution >= 0.6 is 11.3 Å². The maximum Gasteiger partial charge on any atom is 0.148 e. The van der Waals surface area contributed by atoms with E-state index in [-0.39, 0.29) is 5.82 Å². The van der Waals surface area contributed by atoms with Crippen molar-refractivity contribution in [2.45, 2.75) is 26.9 Å². The molecule has 0 unspecified atom stereocenters. The molecule has 0 saturated heterocycles. The minimum Gasteiger partial charge on any atom is -0.361 e. The third-order valence-corrected chi connectivity index (χ3v) is 7.57. The van der Waals surface area contributed by atoms with Crippen molar-refractivity contribution in [2.24, 2.45) is 0 Å². The first kappa shape index (κ1) is 23.3. The summed E-state index contributed by atoms with van der Waals surface area (Å²) in [4.78, 5) is 10.0. The summed E-state index contributed by atoms with van der Waals surface area (Å²) in [5.74, 6) is 1.33. The van der Waals surface area contributed by atoms with Crippen LogP contribution in [-0.4, -0.2) is 15.1 Å². The van der Waals surface area contributed by atoms with Crippen molar-refractivity contribution < 1.29 is 8.91 Å². The van der Waals surface area contributed by atoms with Crippen LogP contribution in [0, 0.1) is 19.7 Å². The van der Waals surface area contributed by atoms with Gasteiger partial charge in [-0.1, -0.05) is 47.6 Å². The molecule has 2 N–H and O–H groups in total. The molecule has 0 radical (unpaired) electrons. The highest BCUT2D eigenvalue weighted by atomic mass is 32.1. The number of aromatic nitrogens is 3. The zero-order valence-corrected chi connectivity index (χ0v) is 21.3. The highest BCUT2D eigenvalue weighted by Gasteiger charge is 2.12. The summed E-state index contributed by atoms with van der Waals surface area (Å²) in [6.45, 7) is 5.47. The van der Waals surface area contributed by atoms with E-state index in [1.165, 1.54) is 23.3 Å². The van der Waals surface area contributed by atoms with E-state index in [0.717, 1.165) is 62.3 Å². The van der Waals surface area contributed by atoms with Gasteiger partial charge in [0.15, 0.2) is 0 Å². The molecular weight excluding hydrogens is 483 g/mol. The average molecular weight is 509 g/mol. The van der Waals surface area contributed by atoms with Gasteiger partial charge in [0.05, 0.1) is 21.6 Å². The molecule has 0 aliphatic rings. The van der Waals surface area contributed by atoms with Crippen LogP contribution in [0.4, 0.5) is 4.39 Å². The number of hydrogen-bond donors (Lipinski definition) is 2. The summed E-state index contributed by atoms with van der Waals surface area (Å²) in [5.41, 5.74) is 8.18. The monoisotopic (exact) mass is 508 g/mol. The predicted octanol–water partition coefficient (Wildman–Crippen LogP) is 7.66. The number of aromatic amines is 1. The fraction of sp³-hybridized carbons (Fsp3) is 0.133. The van der Waals surface area contributed by atoms with E-state index >= 15 is 0 Å². The SMILES string of the molecule is Cc1noc(C)c1-c1cccc(CNCc2ccc(-c3ccc(-c4nc5ccc(F)cc5[nH]4)s3)cc2)c1. The minimum absolute atomic E-state index is 0.269. The van der Waals surface area contributed by atoms with Crippen LogP contribution in [0.5, 0.6) is 0 Å². The van der Waals surface area contributed by atoms with Crippen LogP contribution in [0.25, 0.3) is 43.3 Å². The average Bonchev–Trinajstić information content (AvgIpc) is 3.63. The standard InChI is InChI=1S/C30H25FN4OS/c1-18-29(19(2)36-35-18)23-5-3-4-21(14-23)17-32-16-20-6-8-22(9-7-20)27-12-13-28(37-27)30-33-25-11-10-24(31)15-26(25)34-30/h3-15,32H,16-17H2,1-2H3,(H,33,34). The lowest BCUT2D eigenvalue weighted by molar-refractivity contribution is 0.393. The van der Waals surface area contributed by atoms with E-state index in [9.17, 15) is 4.39 Å². The lowest BCUT2D eigenvalue weighted by atomic mass is 10.0. The Bertz CT molecular complexity index is 1680. The molecule has 0 fully saturated rings. The topological polar surface area (TPSA) is 66.7 Å². The minimum atomic E-state index is -0.269. The van der Waals surface area contributed by atoms with E-state index < -0.39 is 0 Å². The third-order valence-electron chi connectivity index (χ3n) is 6.43. The number of thiophene rings is 1. The second-order valence-electron chi connectivity index (χ2n) is 9.11. The lowest BCUT2D eigenvalue weighted by Crippen LogP contribution is -2.12. The van der Waals surface area contributed by atoms with Gasteiger partial charge in [-0.3, -0.25) is 0 Å². The molecule has 0 saturated carbocycles. The number of halogens is 1. The van der Waals surface area contributed by atoms with Crippen LogP contribution in [0.15, 0.2) is 83.4 Å². The Balaban J connectivity index is 1.10. The summed E-state index contributed by atoms with van der Waals surface area (Å²) in [5, 5.41) is 7.62. The van der Waals surface area contributed by atoms with Gasteiger partial charge in [-0.05, 0) is 72.5 Å². The molecule has 5 nitrogen and oxygen atoms in total. The molecule has 0 aliphatic carbocycles. The van der Waals surface area contributed by atoms with E-state index in [1.54, 1.807) is 17.4 Å². The van der Waals surface area contributed by atoms with Crippen molar-refractivity contribution in [2.75, 3.05) is 0 Å². The van der Waals surface area contributed by atoms with Gasteiger partial charge < -0.3 is 14.8 Å². The normalized spacial score (nSPS) is 11.4. The second kappa shape index (κ2) is 9.76. The zero-order valence-electron chi connectivity index (χ0n) is 20.5. The van der Waals surface area contributed by atoms with Crippen molar-refractivity contribution >= 4 is 22.4 Å². The fourth-order valence-corrected chi connectivity index (χ4v) is 5.55. The number of nitrogens with zero attached hydrogens (tertiary/aromatic N) is 2. The Morgan fingerprint density at radius 1 is 0.865 bits per heavy atom. The van der Waals surface area contributed by atoms with Crippen LogP contribution < -0.4 is 5.32 Å².